The fraction of sp³-hybridized carbons (Fsp3) is 0.636. The molecule has 0 aromatic rings. The van der Waals surface area contributed by atoms with E-state index in [9.17, 15) is 9.59 Å². The number of fused-ring (bicyclic) bond motifs is 2. The minimum absolute atomic E-state index is 0.0585. The van der Waals surface area contributed by atoms with Crippen LogP contribution in [-0.2, 0) is 9.53 Å². The highest BCUT2D eigenvalue weighted by Gasteiger charge is 2.45. The maximum Gasteiger partial charge on any atom is 0.408 e. The van der Waals surface area contributed by atoms with Gasteiger partial charge in [-0.1, -0.05) is 0 Å². The van der Waals surface area contributed by atoms with Crippen molar-refractivity contribution in [1.82, 2.24) is 4.90 Å². The first-order valence-electron chi connectivity index (χ1n) is 5.52. The van der Waals surface area contributed by atoms with Crippen LogP contribution in [0.1, 0.15) is 26.2 Å². The van der Waals surface area contributed by atoms with Crippen LogP contribution in [0, 0.1) is 0 Å². The molecule has 1 N–H and O–H groups in total. The van der Waals surface area contributed by atoms with Gasteiger partial charge in [0, 0.05) is 12.1 Å². The summed E-state index contributed by atoms with van der Waals surface area (Å²) in [6, 6.07) is -0.0462. The van der Waals surface area contributed by atoms with Crippen molar-refractivity contribution in [3.63, 3.8) is 0 Å². The second kappa shape index (κ2) is 4.15. The summed E-state index contributed by atoms with van der Waals surface area (Å²) in [5.41, 5.74) is 0.900. The molecule has 5 heteroatoms. The van der Waals surface area contributed by atoms with E-state index >= 15 is 0 Å². The Hall–Kier alpha value is -1.52. The van der Waals surface area contributed by atoms with Gasteiger partial charge in [0.1, 0.15) is 0 Å². The smallest absolute Gasteiger partial charge is 0.408 e. The number of esters is 1. The highest BCUT2D eigenvalue weighted by molar-refractivity contribution is 5.83. The van der Waals surface area contributed by atoms with Crippen molar-refractivity contribution in [3.05, 3.63) is 11.6 Å². The largest absolute Gasteiger partial charge is 0.465 e. The van der Waals surface area contributed by atoms with Crippen LogP contribution in [-0.4, -0.2) is 40.8 Å². The van der Waals surface area contributed by atoms with Crippen molar-refractivity contribution in [2.45, 2.75) is 38.3 Å². The van der Waals surface area contributed by atoms with Crippen molar-refractivity contribution in [2.24, 2.45) is 0 Å². The minimum Gasteiger partial charge on any atom is -0.465 e. The number of amides is 1. The van der Waals surface area contributed by atoms with Crippen LogP contribution >= 0.6 is 0 Å². The number of carboxylic acid groups (broad SMARTS) is 1. The lowest BCUT2D eigenvalue weighted by Crippen LogP contribution is -2.33. The highest BCUT2D eigenvalue weighted by atomic mass is 16.5. The number of hydrogen-bond acceptors (Lipinski definition) is 3. The van der Waals surface area contributed by atoms with Crippen LogP contribution in [0.2, 0.25) is 0 Å². The summed E-state index contributed by atoms with van der Waals surface area (Å²) in [5, 5.41) is 9.03. The molecule has 2 heterocycles. The lowest BCUT2D eigenvalue weighted by molar-refractivity contribution is -0.137. The van der Waals surface area contributed by atoms with Gasteiger partial charge in [0.25, 0.3) is 0 Å². The van der Waals surface area contributed by atoms with Crippen molar-refractivity contribution in [2.75, 3.05) is 6.61 Å². The summed E-state index contributed by atoms with van der Waals surface area (Å²) in [4.78, 5) is 23.8. The summed E-state index contributed by atoms with van der Waals surface area (Å²) in [6.45, 7) is 2.10. The molecule has 1 amide bonds. The lowest BCUT2D eigenvalue weighted by atomic mass is 9.95. The summed E-state index contributed by atoms with van der Waals surface area (Å²) >= 11 is 0. The van der Waals surface area contributed by atoms with E-state index in [4.69, 9.17) is 9.84 Å². The molecule has 2 atom stereocenters. The first kappa shape index (κ1) is 11.0. The lowest BCUT2D eigenvalue weighted by Gasteiger charge is -2.17. The van der Waals surface area contributed by atoms with E-state index in [1.807, 2.05) is 0 Å². The van der Waals surface area contributed by atoms with Crippen LogP contribution in [0.15, 0.2) is 11.6 Å². The molecule has 0 aromatic carbocycles. The zero-order chi connectivity index (χ0) is 11.7. The van der Waals surface area contributed by atoms with Gasteiger partial charge >= 0.3 is 12.1 Å². The third-order valence-corrected chi connectivity index (χ3v) is 3.21. The summed E-state index contributed by atoms with van der Waals surface area (Å²) in [7, 11) is 0. The number of ether oxygens (including phenoxy) is 1. The Balaban J connectivity index is 2.11. The predicted octanol–water partition coefficient (Wildman–Crippen LogP) is 1.39. The van der Waals surface area contributed by atoms with Gasteiger partial charge < -0.3 is 9.84 Å². The molecule has 0 aromatic heterocycles. The second-order valence-electron chi connectivity index (χ2n) is 4.11. The molecule has 2 aliphatic rings. The maximum absolute atomic E-state index is 11.3. The first-order valence-corrected chi connectivity index (χ1v) is 5.52. The van der Waals surface area contributed by atoms with E-state index in [0.717, 1.165) is 18.4 Å². The third kappa shape index (κ3) is 1.77. The fourth-order valence-electron chi connectivity index (χ4n) is 2.64. The van der Waals surface area contributed by atoms with Crippen molar-refractivity contribution >= 4 is 12.1 Å². The first-order chi connectivity index (χ1) is 7.63. The molecule has 2 rings (SSSR count). The molecular weight excluding hydrogens is 210 g/mol. The van der Waals surface area contributed by atoms with Gasteiger partial charge in [0.15, 0.2) is 0 Å². The van der Waals surface area contributed by atoms with Gasteiger partial charge in [-0.2, -0.15) is 0 Å². The molecule has 16 heavy (non-hydrogen) atoms. The zero-order valence-electron chi connectivity index (χ0n) is 9.18. The minimum atomic E-state index is -0.889. The van der Waals surface area contributed by atoms with Gasteiger partial charge in [0.2, 0.25) is 0 Å². The average molecular weight is 225 g/mol. The Kier molecular flexibility index (Phi) is 2.85. The molecule has 0 aliphatic carbocycles. The van der Waals surface area contributed by atoms with Gasteiger partial charge in [-0.25, -0.2) is 9.59 Å². The standard InChI is InChI=1S/C11H15NO4/c1-2-16-10(13)6-7-5-8-3-4-9(7)12(8)11(14)15/h6,8-9H,2-5H2,1H3,(H,14,15)/t8-,9+/m1/s1. The molecule has 0 saturated carbocycles. The van der Waals surface area contributed by atoms with Crippen molar-refractivity contribution < 1.29 is 19.4 Å². The van der Waals surface area contributed by atoms with Crippen LogP contribution in [0.3, 0.4) is 0 Å². The van der Waals surface area contributed by atoms with Gasteiger partial charge in [-0.05, 0) is 31.8 Å². The van der Waals surface area contributed by atoms with E-state index in [1.54, 1.807) is 6.92 Å². The number of nitrogens with zero attached hydrogens (tertiary/aromatic N) is 1. The predicted molar refractivity (Wildman–Crippen MR) is 56.0 cm³/mol. The number of rotatable bonds is 2. The molecule has 2 bridgehead atoms. The Morgan fingerprint density at radius 1 is 1.56 bits per heavy atom. The van der Waals surface area contributed by atoms with Crippen molar-refractivity contribution in [1.29, 1.82) is 0 Å². The van der Waals surface area contributed by atoms with E-state index in [1.165, 1.54) is 11.0 Å². The molecule has 88 valence electrons. The van der Waals surface area contributed by atoms with Crippen LogP contribution in [0.4, 0.5) is 4.79 Å². The van der Waals surface area contributed by atoms with Crippen LogP contribution in [0.5, 0.6) is 0 Å². The van der Waals surface area contributed by atoms with Gasteiger partial charge in [-0.15, -0.1) is 0 Å². The zero-order valence-corrected chi connectivity index (χ0v) is 9.18. The van der Waals surface area contributed by atoms with Gasteiger partial charge in [0.05, 0.1) is 12.6 Å². The topological polar surface area (TPSA) is 66.8 Å². The molecular formula is C11H15NO4. The quantitative estimate of drug-likeness (QED) is 0.569. The van der Waals surface area contributed by atoms with Gasteiger partial charge in [-0.3, -0.25) is 4.90 Å². The Labute approximate surface area is 93.7 Å². The molecule has 2 aliphatic heterocycles. The molecule has 0 radical (unpaired) electrons. The Bertz CT molecular complexity index is 350. The van der Waals surface area contributed by atoms with Crippen LogP contribution in [0.25, 0.3) is 0 Å². The SMILES string of the molecule is CCOC(=O)C=C1C[C@H]2CC[C@@H]1N2C(=O)O. The third-order valence-electron chi connectivity index (χ3n) is 3.21. The van der Waals surface area contributed by atoms with E-state index in [0.29, 0.717) is 13.0 Å². The molecule has 2 saturated heterocycles. The second-order valence-corrected chi connectivity index (χ2v) is 4.11. The van der Waals surface area contributed by atoms with E-state index in [-0.39, 0.29) is 18.1 Å². The van der Waals surface area contributed by atoms with Crippen LogP contribution < -0.4 is 0 Å². The van der Waals surface area contributed by atoms with E-state index < -0.39 is 6.09 Å². The Morgan fingerprint density at radius 3 is 2.88 bits per heavy atom. The number of carbonyl (C=O) groups is 2. The van der Waals surface area contributed by atoms with Crippen molar-refractivity contribution in [3.8, 4) is 0 Å². The van der Waals surface area contributed by atoms with E-state index in [2.05, 4.69) is 0 Å². The molecule has 0 spiro atoms. The fourth-order valence-corrected chi connectivity index (χ4v) is 2.64. The summed E-state index contributed by atoms with van der Waals surface area (Å²) in [5.74, 6) is -0.365. The highest BCUT2D eigenvalue weighted by Crippen LogP contribution is 2.41. The number of carbonyl (C=O) groups excluding carboxylic acids is 1. The number of hydrogen-bond donors (Lipinski definition) is 1. The Morgan fingerprint density at radius 2 is 2.31 bits per heavy atom. The monoisotopic (exact) mass is 225 g/mol. The summed E-state index contributed by atoms with van der Waals surface area (Å²) in [6.07, 6.45) is 2.97. The molecule has 5 nitrogen and oxygen atoms in total. The maximum atomic E-state index is 11.3. The molecule has 0 unspecified atom stereocenters. The summed E-state index contributed by atoms with van der Waals surface area (Å²) < 4.78 is 4.83. The molecule has 2 fully saturated rings. The average Bonchev–Trinajstić information content (AvgIpc) is 2.74. The normalized spacial score (nSPS) is 29.8.